The molecule has 1 N–H and O–H groups in total. The van der Waals surface area contributed by atoms with Crippen LogP contribution >= 0.6 is 11.8 Å². The molecule has 1 heterocycles. The van der Waals surface area contributed by atoms with Gasteiger partial charge in [-0.25, -0.2) is 4.90 Å². The smallest absolute Gasteiger partial charge is 0.243 e. The van der Waals surface area contributed by atoms with Crippen molar-refractivity contribution in [2.75, 3.05) is 16.4 Å². The maximum absolute atomic E-state index is 11.5. The Morgan fingerprint density at radius 3 is 2.13 bits per heavy atom. The Balaban J connectivity index is 2.31. The minimum atomic E-state index is -0.207. The zero-order chi connectivity index (χ0) is 10.8. The van der Waals surface area contributed by atoms with Crippen LogP contribution in [0.4, 0.5) is 5.69 Å². The molecule has 1 aromatic carbocycles. The van der Waals surface area contributed by atoms with Crippen molar-refractivity contribution in [3.63, 3.8) is 0 Å². The molecule has 2 amide bonds. The summed E-state index contributed by atoms with van der Waals surface area (Å²) >= 11 is 1.32. The Labute approximate surface area is 90.9 Å². The molecule has 15 heavy (non-hydrogen) atoms. The number of imide groups is 1. The highest BCUT2D eigenvalue weighted by Crippen LogP contribution is 2.23. The van der Waals surface area contributed by atoms with Crippen LogP contribution in [0.15, 0.2) is 24.3 Å². The molecule has 0 aliphatic carbocycles. The molecule has 0 radical (unpaired) electrons. The van der Waals surface area contributed by atoms with Gasteiger partial charge in [0, 0.05) is 0 Å². The van der Waals surface area contributed by atoms with E-state index in [1.807, 2.05) is 0 Å². The van der Waals surface area contributed by atoms with Crippen molar-refractivity contribution in [1.82, 2.24) is 0 Å². The SMILES string of the molecule is O=C1CSCC(=O)N1c1ccc(O)cc1. The number of carbonyl (C=O) groups is 2. The van der Waals surface area contributed by atoms with Crippen molar-refractivity contribution >= 4 is 29.3 Å². The topological polar surface area (TPSA) is 57.6 Å². The van der Waals surface area contributed by atoms with Gasteiger partial charge in [-0.15, -0.1) is 11.8 Å². The number of rotatable bonds is 1. The van der Waals surface area contributed by atoms with Crippen molar-refractivity contribution in [3.05, 3.63) is 24.3 Å². The first kappa shape index (κ1) is 10.0. The first-order valence-corrected chi connectivity index (χ1v) is 5.56. The molecular formula is C10H9NO3S. The van der Waals surface area contributed by atoms with E-state index in [1.54, 1.807) is 12.1 Å². The Morgan fingerprint density at radius 2 is 1.60 bits per heavy atom. The third-order valence-electron chi connectivity index (χ3n) is 2.06. The molecule has 4 nitrogen and oxygen atoms in total. The van der Waals surface area contributed by atoms with Crippen LogP contribution in [0.25, 0.3) is 0 Å². The van der Waals surface area contributed by atoms with E-state index in [1.165, 1.54) is 23.9 Å². The third kappa shape index (κ3) is 1.97. The maximum Gasteiger partial charge on any atom is 0.243 e. The fourth-order valence-electron chi connectivity index (χ4n) is 1.38. The van der Waals surface area contributed by atoms with E-state index in [4.69, 9.17) is 5.11 Å². The summed E-state index contributed by atoms with van der Waals surface area (Å²) in [6.45, 7) is 0. The van der Waals surface area contributed by atoms with E-state index in [-0.39, 0.29) is 17.6 Å². The number of anilines is 1. The molecule has 0 unspecified atom stereocenters. The van der Waals surface area contributed by atoms with E-state index < -0.39 is 0 Å². The van der Waals surface area contributed by atoms with Crippen molar-refractivity contribution < 1.29 is 14.7 Å². The predicted molar refractivity (Wildman–Crippen MR) is 57.9 cm³/mol. The number of phenolic OH excluding ortho intramolecular Hbond substituents is 1. The summed E-state index contributed by atoms with van der Waals surface area (Å²) in [6.07, 6.45) is 0. The normalized spacial score (nSPS) is 16.9. The number of hydrogen-bond donors (Lipinski definition) is 1. The summed E-state index contributed by atoms with van der Waals surface area (Å²) in [7, 11) is 0. The molecule has 0 saturated carbocycles. The third-order valence-corrected chi connectivity index (χ3v) is 2.96. The molecular weight excluding hydrogens is 214 g/mol. The molecule has 1 aliphatic rings. The first-order chi connectivity index (χ1) is 7.18. The quantitative estimate of drug-likeness (QED) is 0.721. The van der Waals surface area contributed by atoms with Gasteiger partial charge in [-0.2, -0.15) is 0 Å². The second-order valence-electron chi connectivity index (χ2n) is 3.13. The number of amides is 2. The highest BCUT2D eigenvalue weighted by Gasteiger charge is 2.27. The van der Waals surface area contributed by atoms with Crippen molar-refractivity contribution in [2.45, 2.75) is 0 Å². The summed E-state index contributed by atoms with van der Waals surface area (Å²) in [6, 6.07) is 6.03. The first-order valence-electron chi connectivity index (χ1n) is 4.41. The molecule has 0 bridgehead atoms. The van der Waals surface area contributed by atoms with Crippen LogP contribution in [0.5, 0.6) is 5.75 Å². The summed E-state index contributed by atoms with van der Waals surface area (Å²) in [5.74, 6) is 0.355. The Bertz CT molecular complexity index is 386. The number of aromatic hydroxyl groups is 1. The minimum Gasteiger partial charge on any atom is -0.508 e. The standard InChI is InChI=1S/C10H9NO3S/c12-8-3-1-7(2-4-8)11-9(13)5-15-6-10(11)14/h1-4,12H,5-6H2. The summed E-state index contributed by atoms with van der Waals surface area (Å²) in [5.41, 5.74) is 0.517. The number of nitrogens with zero attached hydrogens (tertiary/aromatic N) is 1. The lowest BCUT2D eigenvalue weighted by molar-refractivity contribution is -0.124. The van der Waals surface area contributed by atoms with Gasteiger partial charge < -0.3 is 5.11 Å². The molecule has 1 saturated heterocycles. The Hall–Kier alpha value is -1.49. The second-order valence-corrected chi connectivity index (χ2v) is 4.12. The molecule has 0 spiro atoms. The van der Waals surface area contributed by atoms with Gasteiger partial charge in [0.1, 0.15) is 5.75 Å². The lowest BCUT2D eigenvalue weighted by Crippen LogP contribution is -2.43. The summed E-state index contributed by atoms with van der Waals surface area (Å²) in [4.78, 5) is 24.2. The van der Waals surface area contributed by atoms with E-state index in [2.05, 4.69) is 0 Å². The zero-order valence-corrected chi connectivity index (χ0v) is 8.66. The average molecular weight is 223 g/mol. The van der Waals surface area contributed by atoms with Gasteiger partial charge >= 0.3 is 0 Å². The van der Waals surface area contributed by atoms with Gasteiger partial charge in [0.05, 0.1) is 17.2 Å². The van der Waals surface area contributed by atoms with Crippen LogP contribution in [-0.2, 0) is 9.59 Å². The van der Waals surface area contributed by atoms with Crippen LogP contribution in [-0.4, -0.2) is 28.4 Å². The fourth-order valence-corrected chi connectivity index (χ4v) is 2.09. The zero-order valence-electron chi connectivity index (χ0n) is 7.84. The number of phenols is 1. The van der Waals surface area contributed by atoms with Crippen LogP contribution in [0.2, 0.25) is 0 Å². The van der Waals surface area contributed by atoms with E-state index >= 15 is 0 Å². The maximum atomic E-state index is 11.5. The molecule has 1 aliphatic heterocycles. The average Bonchev–Trinajstić information content (AvgIpc) is 2.20. The van der Waals surface area contributed by atoms with E-state index in [0.29, 0.717) is 17.2 Å². The monoisotopic (exact) mass is 223 g/mol. The van der Waals surface area contributed by atoms with Gasteiger partial charge in [0.2, 0.25) is 11.8 Å². The van der Waals surface area contributed by atoms with Gasteiger partial charge in [-0.05, 0) is 24.3 Å². The highest BCUT2D eigenvalue weighted by molar-refractivity contribution is 8.00. The van der Waals surface area contributed by atoms with Gasteiger partial charge in [-0.3, -0.25) is 9.59 Å². The number of carbonyl (C=O) groups excluding carboxylic acids is 2. The summed E-state index contributed by atoms with van der Waals surface area (Å²) in [5, 5.41) is 9.09. The molecule has 0 aromatic heterocycles. The van der Waals surface area contributed by atoms with Gasteiger partial charge in [0.25, 0.3) is 0 Å². The molecule has 1 fully saturated rings. The van der Waals surface area contributed by atoms with Crippen molar-refractivity contribution in [1.29, 1.82) is 0 Å². The summed E-state index contributed by atoms with van der Waals surface area (Å²) < 4.78 is 0. The lowest BCUT2D eigenvalue weighted by Gasteiger charge is -2.24. The highest BCUT2D eigenvalue weighted by atomic mass is 32.2. The van der Waals surface area contributed by atoms with Crippen molar-refractivity contribution in [3.8, 4) is 5.75 Å². The molecule has 1 aromatic rings. The van der Waals surface area contributed by atoms with Gasteiger partial charge in [-0.1, -0.05) is 0 Å². The minimum absolute atomic E-state index is 0.116. The Kier molecular flexibility index (Phi) is 2.64. The van der Waals surface area contributed by atoms with Crippen molar-refractivity contribution in [2.24, 2.45) is 0 Å². The lowest BCUT2D eigenvalue weighted by atomic mass is 10.2. The molecule has 78 valence electrons. The molecule has 5 heteroatoms. The van der Waals surface area contributed by atoms with Crippen LogP contribution < -0.4 is 4.90 Å². The Morgan fingerprint density at radius 1 is 1.07 bits per heavy atom. The largest absolute Gasteiger partial charge is 0.508 e. The number of thioether (sulfide) groups is 1. The van der Waals surface area contributed by atoms with Crippen LogP contribution in [0.1, 0.15) is 0 Å². The number of hydrogen-bond acceptors (Lipinski definition) is 4. The van der Waals surface area contributed by atoms with E-state index in [9.17, 15) is 9.59 Å². The molecule has 0 atom stereocenters. The molecule has 2 rings (SSSR count). The fraction of sp³-hybridized carbons (Fsp3) is 0.200. The second kappa shape index (κ2) is 3.94. The number of benzene rings is 1. The van der Waals surface area contributed by atoms with E-state index in [0.717, 1.165) is 4.90 Å². The van der Waals surface area contributed by atoms with Gasteiger partial charge in [0.15, 0.2) is 0 Å². The predicted octanol–water partition coefficient (Wildman–Crippen LogP) is 0.999. The van der Waals surface area contributed by atoms with Crippen LogP contribution in [0.3, 0.4) is 0 Å². The van der Waals surface area contributed by atoms with Crippen LogP contribution in [0, 0.1) is 0 Å².